The minimum atomic E-state index is 1.02. The van der Waals surface area contributed by atoms with Crippen molar-refractivity contribution < 1.29 is 0 Å². The predicted octanol–water partition coefficient (Wildman–Crippen LogP) is 5.03. The lowest BCUT2D eigenvalue weighted by molar-refractivity contribution is 1.31. The maximum atomic E-state index is 4.80. The van der Waals surface area contributed by atoms with Gasteiger partial charge in [0.25, 0.3) is 0 Å². The van der Waals surface area contributed by atoms with Crippen LogP contribution in [-0.4, -0.2) is 4.98 Å². The summed E-state index contributed by atoms with van der Waals surface area (Å²) in [5, 5.41) is 0. The molecule has 1 heteroatoms. The first-order valence-corrected chi connectivity index (χ1v) is 6.83. The second-order valence-corrected chi connectivity index (χ2v) is 5.15. The summed E-state index contributed by atoms with van der Waals surface area (Å²) in [6, 6.07) is 23.1. The zero-order valence-corrected chi connectivity index (χ0v) is 11.8. The van der Waals surface area contributed by atoms with E-state index in [0.29, 0.717) is 0 Å². The third kappa shape index (κ3) is 2.62. The zero-order chi connectivity index (χ0) is 13.9. The Bertz CT molecular complexity index is 683. The average Bonchev–Trinajstić information content (AvgIpc) is 2.47. The van der Waals surface area contributed by atoms with Crippen molar-refractivity contribution in [2.45, 2.75) is 13.8 Å². The van der Waals surface area contributed by atoms with Crippen LogP contribution in [0.3, 0.4) is 0 Å². The molecule has 20 heavy (non-hydrogen) atoms. The number of nitrogens with zero attached hydrogens (tertiary/aromatic N) is 1. The van der Waals surface area contributed by atoms with Crippen LogP contribution in [0.15, 0.2) is 66.7 Å². The molecule has 0 amide bonds. The maximum Gasteiger partial charge on any atom is 0.0709 e. The van der Waals surface area contributed by atoms with Gasteiger partial charge in [-0.15, -0.1) is 0 Å². The largest absolute Gasteiger partial charge is 0.248 e. The fraction of sp³-hybridized carbons (Fsp3) is 0.105. The molecule has 0 aliphatic rings. The van der Waals surface area contributed by atoms with Gasteiger partial charge in [-0.1, -0.05) is 53.6 Å². The first kappa shape index (κ1) is 12.6. The van der Waals surface area contributed by atoms with Gasteiger partial charge < -0.3 is 0 Å². The molecule has 0 atom stereocenters. The van der Waals surface area contributed by atoms with Crippen molar-refractivity contribution in [1.82, 2.24) is 4.98 Å². The van der Waals surface area contributed by atoms with E-state index in [4.69, 9.17) is 4.98 Å². The number of hydrogen-bond acceptors (Lipinski definition) is 1. The van der Waals surface area contributed by atoms with E-state index in [1.165, 1.54) is 22.3 Å². The van der Waals surface area contributed by atoms with Gasteiger partial charge in [-0.05, 0) is 38.1 Å². The Morgan fingerprint density at radius 1 is 0.600 bits per heavy atom. The molecule has 1 heterocycles. The van der Waals surface area contributed by atoms with Crippen molar-refractivity contribution >= 4 is 0 Å². The van der Waals surface area contributed by atoms with Crippen molar-refractivity contribution in [1.29, 1.82) is 0 Å². The van der Waals surface area contributed by atoms with Crippen LogP contribution in [0.1, 0.15) is 11.1 Å². The molecular formula is C19H17N. The van der Waals surface area contributed by atoms with E-state index in [-0.39, 0.29) is 0 Å². The molecule has 0 spiro atoms. The Hall–Kier alpha value is -2.41. The van der Waals surface area contributed by atoms with Crippen molar-refractivity contribution in [2.24, 2.45) is 0 Å². The van der Waals surface area contributed by atoms with Gasteiger partial charge in [0.1, 0.15) is 0 Å². The van der Waals surface area contributed by atoms with Crippen LogP contribution in [0.25, 0.3) is 22.5 Å². The van der Waals surface area contributed by atoms with Crippen molar-refractivity contribution in [3.63, 3.8) is 0 Å². The number of aromatic nitrogens is 1. The van der Waals surface area contributed by atoms with E-state index in [9.17, 15) is 0 Å². The number of aryl methyl sites for hydroxylation is 2. The summed E-state index contributed by atoms with van der Waals surface area (Å²) in [5.41, 5.74) is 6.88. The molecule has 98 valence electrons. The van der Waals surface area contributed by atoms with E-state index >= 15 is 0 Å². The molecule has 0 aliphatic heterocycles. The van der Waals surface area contributed by atoms with E-state index in [0.717, 1.165) is 11.4 Å². The Morgan fingerprint density at radius 2 is 1.05 bits per heavy atom. The Labute approximate surface area is 119 Å². The van der Waals surface area contributed by atoms with E-state index in [1.807, 2.05) is 0 Å². The summed E-state index contributed by atoms with van der Waals surface area (Å²) in [5.74, 6) is 0. The molecule has 0 aliphatic carbocycles. The Morgan fingerprint density at radius 3 is 1.50 bits per heavy atom. The van der Waals surface area contributed by atoms with Crippen LogP contribution in [0.4, 0.5) is 0 Å². The SMILES string of the molecule is Cc1cccc(-c2cccc(-c3cccc(C)c3)n2)c1. The molecule has 0 bridgehead atoms. The monoisotopic (exact) mass is 259 g/mol. The second-order valence-electron chi connectivity index (χ2n) is 5.15. The fourth-order valence-electron chi connectivity index (χ4n) is 2.37. The van der Waals surface area contributed by atoms with Gasteiger partial charge >= 0.3 is 0 Å². The molecule has 1 nitrogen and oxygen atoms in total. The van der Waals surface area contributed by atoms with E-state index in [2.05, 4.69) is 80.6 Å². The highest BCUT2D eigenvalue weighted by atomic mass is 14.7. The lowest BCUT2D eigenvalue weighted by atomic mass is 10.1. The highest BCUT2D eigenvalue weighted by Crippen LogP contribution is 2.23. The summed E-state index contributed by atoms with van der Waals surface area (Å²) in [6.07, 6.45) is 0. The topological polar surface area (TPSA) is 12.9 Å². The highest BCUT2D eigenvalue weighted by molar-refractivity contribution is 5.66. The molecule has 2 aromatic carbocycles. The van der Waals surface area contributed by atoms with Gasteiger partial charge in [-0.2, -0.15) is 0 Å². The molecule has 0 saturated carbocycles. The minimum absolute atomic E-state index is 1.02. The van der Waals surface area contributed by atoms with E-state index < -0.39 is 0 Å². The quantitative estimate of drug-likeness (QED) is 0.628. The average molecular weight is 259 g/mol. The lowest BCUT2D eigenvalue weighted by Gasteiger charge is -2.06. The van der Waals surface area contributed by atoms with Crippen LogP contribution in [0.2, 0.25) is 0 Å². The Kier molecular flexibility index (Phi) is 3.34. The molecular weight excluding hydrogens is 242 g/mol. The summed E-state index contributed by atoms with van der Waals surface area (Å²) in [7, 11) is 0. The fourth-order valence-corrected chi connectivity index (χ4v) is 2.37. The summed E-state index contributed by atoms with van der Waals surface area (Å²) in [4.78, 5) is 4.80. The van der Waals surface area contributed by atoms with Gasteiger partial charge in [0.15, 0.2) is 0 Å². The Balaban J connectivity index is 2.06. The summed E-state index contributed by atoms with van der Waals surface area (Å²) in [6.45, 7) is 4.21. The van der Waals surface area contributed by atoms with Crippen LogP contribution in [-0.2, 0) is 0 Å². The number of benzene rings is 2. The molecule has 0 unspecified atom stereocenters. The molecule has 0 N–H and O–H groups in total. The second kappa shape index (κ2) is 5.30. The first-order chi connectivity index (χ1) is 9.72. The standard InChI is InChI=1S/C19H17N/c1-14-6-3-8-16(12-14)18-10-5-11-19(20-18)17-9-4-7-15(2)13-17/h3-13H,1-2H3. The number of pyridine rings is 1. The van der Waals surface area contributed by atoms with E-state index in [1.54, 1.807) is 0 Å². The third-order valence-corrected chi connectivity index (χ3v) is 3.38. The van der Waals surface area contributed by atoms with Gasteiger partial charge in [0, 0.05) is 11.1 Å². The lowest BCUT2D eigenvalue weighted by Crippen LogP contribution is -1.88. The van der Waals surface area contributed by atoms with Gasteiger partial charge in [0.2, 0.25) is 0 Å². The van der Waals surface area contributed by atoms with Crippen molar-refractivity contribution in [3.8, 4) is 22.5 Å². The highest BCUT2D eigenvalue weighted by Gasteiger charge is 2.03. The molecule has 3 rings (SSSR count). The molecule has 0 radical (unpaired) electrons. The number of hydrogen-bond donors (Lipinski definition) is 0. The van der Waals surface area contributed by atoms with Crippen LogP contribution >= 0.6 is 0 Å². The normalized spacial score (nSPS) is 10.5. The molecule has 0 saturated heterocycles. The zero-order valence-electron chi connectivity index (χ0n) is 11.8. The maximum absolute atomic E-state index is 4.80. The molecule has 3 aromatic rings. The van der Waals surface area contributed by atoms with Crippen LogP contribution < -0.4 is 0 Å². The predicted molar refractivity (Wildman–Crippen MR) is 84.6 cm³/mol. The van der Waals surface area contributed by atoms with Gasteiger partial charge in [-0.25, -0.2) is 4.98 Å². The molecule has 1 aromatic heterocycles. The number of rotatable bonds is 2. The minimum Gasteiger partial charge on any atom is -0.248 e. The van der Waals surface area contributed by atoms with Crippen molar-refractivity contribution in [3.05, 3.63) is 77.9 Å². The van der Waals surface area contributed by atoms with Crippen LogP contribution in [0, 0.1) is 13.8 Å². The smallest absolute Gasteiger partial charge is 0.0709 e. The molecule has 0 fully saturated rings. The first-order valence-electron chi connectivity index (χ1n) is 6.83. The summed E-state index contributed by atoms with van der Waals surface area (Å²) >= 11 is 0. The van der Waals surface area contributed by atoms with Crippen molar-refractivity contribution in [2.75, 3.05) is 0 Å². The summed E-state index contributed by atoms with van der Waals surface area (Å²) < 4.78 is 0. The van der Waals surface area contributed by atoms with Gasteiger partial charge in [-0.3, -0.25) is 0 Å². The van der Waals surface area contributed by atoms with Crippen LogP contribution in [0.5, 0.6) is 0 Å². The van der Waals surface area contributed by atoms with Gasteiger partial charge in [0.05, 0.1) is 11.4 Å². The third-order valence-electron chi connectivity index (χ3n) is 3.38.